The van der Waals surface area contributed by atoms with Gasteiger partial charge in [0, 0.05) is 12.5 Å². The lowest BCUT2D eigenvalue weighted by atomic mass is 9.76. The molecule has 3 atom stereocenters. The molecule has 1 aromatic heterocycles. The molecule has 0 radical (unpaired) electrons. The van der Waals surface area contributed by atoms with Crippen molar-refractivity contribution in [2.24, 2.45) is 5.92 Å². The number of rotatable bonds is 0. The fourth-order valence-corrected chi connectivity index (χ4v) is 2.81. The molecule has 1 aromatic rings. The number of aromatic nitrogens is 2. The summed E-state index contributed by atoms with van der Waals surface area (Å²) in [5.74, 6) is -0.0709. The van der Waals surface area contributed by atoms with Crippen LogP contribution < -0.4 is 0 Å². The second-order valence-corrected chi connectivity index (χ2v) is 4.46. The van der Waals surface area contributed by atoms with Gasteiger partial charge in [-0.1, -0.05) is 17.2 Å². The molecule has 2 aliphatic rings. The number of hydrogen-bond acceptors (Lipinski definition) is 6. The van der Waals surface area contributed by atoms with Crippen molar-refractivity contribution in [1.82, 2.24) is 15.4 Å². The summed E-state index contributed by atoms with van der Waals surface area (Å²) in [6.07, 6.45) is 1.37. The lowest BCUT2D eigenvalue weighted by Gasteiger charge is -2.35. The minimum atomic E-state index is -1.11. The minimum Gasteiger partial charge on any atom is -0.381 e. The monoisotopic (exact) mass is 211 g/mol. The number of aliphatic hydroxyl groups is 1. The number of hydrogen-bond donors (Lipinski definition) is 2. The summed E-state index contributed by atoms with van der Waals surface area (Å²) in [6.45, 7) is 2.35. The van der Waals surface area contributed by atoms with E-state index < -0.39 is 5.60 Å². The van der Waals surface area contributed by atoms with Crippen LogP contribution in [0.2, 0.25) is 0 Å². The Bertz CT molecular complexity index is 394. The average molecular weight is 211 g/mol. The summed E-state index contributed by atoms with van der Waals surface area (Å²) < 4.78 is 4.66. The van der Waals surface area contributed by atoms with E-state index in [2.05, 4.69) is 14.9 Å². The van der Waals surface area contributed by atoms with Gasteiger partial charge in [-0.2, -0.15) is 5.06 Å². The van der Waals surface area contributed by atoms with Crippen LogP contribution in [0, 0.1) is 5.92 Å². The van der Waals surface area contributed by atoms with Crippen molar-refractivity contribution in [1.29, 1.82) is 0 Å². The van der Waals surface area contributed by atoms with Crippen LogP contribution in [-0.4, -0.2) is 38.3 Å². The van der Waals surface area contributed by atoms with E-state index in [9.17, 15) is 10.3 Å². The number of aryl methyl sites for hydroxylation is 1. The van der Waals surface area contributed by atoms with Gasteiger partial charge in [-0.05, 0) is 12.8 Å². The molecule has 82 valence electrons. The Balaban J connectivity index is 2.14. The van der Waals surface area contributed by atoms with Gasteiger partial charge in [0.1, 0.15) is 17.0 Å². The summed E-state index contributed by atoms with van der Waals surface area (Å²) in [7, 11) is 0. The van der Waals surface area contributed by atoms with Crippen molar-refractivity contribution in [2.45, 2.75) is 31.4 Å². The Morgan fingerprint density at radius 2 is 2.33 bits per heavy atom. The molecular weight excluding hydrogens is 198 g/mol. The molecule has 6 heteroatoms. The summed E-state index contributed by atoms with van der Waals surface area (Å²) >= 11 is 0. The molecule has 3 rings (SSSR count). The minimum absolute atomic E-state index is 0.0709. The van der Waals surface area contributed by atoms with E-state index in [1.807, 2.05) is 6.92 Å². The molecule has 1 aliphatic heterocycles. The van der Waals surface area contributed by atoms with Gasteiger partial charge in [0.25, 0.3) is 0 Å². The molecule has 1 fully saturated rings. The normalized spacial score (nSPS) is 40.2. The molecule has 1 saturated heterocycles. The number of hydroxylamine groups is 2. The molecule has 1 aliphatic carbocycles. The molecule has 0 aromatic carbocycles. The predicted octanol–water partition coefficient (Wildman–Crippen LogP) is -0.0871. The Hall–Kier alpha value is -0.980. The maximum Gasteiger partial charge on any atom is 0.141 e. The zero-order valence-electron chi connectivity index (χ0n) is 8.42. The van der Waals surface area contributed by atoms with E-state index >= 15 is 0 Å². The second kappa shape index (κ2) is 2.78. The van der Waals surface area contributed by atoms with Crippen LogP contribution in [0.25, 0.3) is 0 Å². The van der Waals surface area contributed by atoms with Crippen LogP contribution in [0.1, 0.15) is 24.7 Å². The van der Waals surface area contributed by atoms with Gasteiger partial charge in [-0.15, -0.1) is 0 Å². The molecule has 2 N–H and O–H groups in total. The summed E-state index contributed by atoms with van der Waals surface area (Å²) in [6, 6.07) is -0.285. The largest absolute Gasteiger partial charge is 0.381 e. The standard InChI is InChI=1S/C9H13N3O3/c1-5-4-12(14)7-3-2-6-8(9(5,7)13)11-15-10-6/h5,7,13-14H,2-4H2,1H3/t5-,7-,9-/m1/s1. The van der Waals surface area contributed by atoms with Crippen molar-refractivity contribution in [3.63, 3.8) is 0 Å². The topological polar surface area (TPSA) is 82.6 Å². The van der Waals surface area contributed by atoms with Gasteiger partial charge in [0.15, 0.2) is 0 Å². The molecule has 0 saturated carbocycles. The van der Waals surface area contributed by atoms with Gasteiger partial charge >= 0.3 is 0 Å². The van der Waals surface area contributed by atoms with Crippen LogP contribution in [0.4, 0.5) is 0 Å². The highest BCUT2D eigenvalue weighted by atomic mass is 16.6. The molecule has 6 nitrogen and oxygen atoms in total. The van der Waals surface area contributed by atoms with Crippen molar-refractivity contribution < 1.29 is 14.9 Å². The Morgan fingerprint density at radius 3 is 3.13 bits per heavy atom. The first-order valence-corrected chi connectivity index (χ1v) is 5.14. The Kier molecular flexibility index (Phi) is 1.72. The van der Waals surface area contributed by atoms with Crippen molar-refractivity contribution in [3.05, 3.63) is 11.4 Å². The summed E-state index contributed by atoms with van der Waals surface area (Å²) in [4.78, 5) is 0. The quantitative estimate of drug-likeness (QED) is 0.624. The Labute approximate surface area is 86.4 Å². The second-order valence-electron chi connectivity index (χ2n) is 4.46. The van der Waals surface area contributed by atoms with Gasteiger partial charge in [0.2, 0.25) is 0 Å². The third-order valence-corrected chi connectivity index (χ3v) is 3.67. The predicted molar refractivity (Wildman–Crippen MR) is 48.0 cm³/mol. The maximum absolute atomic E-state index is 10.6. The van der Waals surface area contributed by atoms with Crippen LogP contribution in [-0.2, 0) is 12.0 Å². The molecule has 0 amide bonds. The van der Waals surface area contributed by atoms with Gasteiger partial charge in [-0.25, -0.2) is 4.63 Å². The summed E-state index contributed by atoms with van der Waals surface area (Å²) in [5.41, 5.74) is 0.112. The lowest BCUT2D eigenvalue weighted by molar-refractivity contribution is -0.145. The molecule has 15 heavy (non-hydrogen) atoms. The highest BCUT2D eigenvalue weighted by Gasteiger charge is 2.57. The van der Waals surface area contributed by atoms with Crippen LogP contribution >= 0.6 is 0 Å². The molecule has 2 heterocycles. The zero-order valence-corrected chi connectivity index (χ0v) is 8.42. The third kappa shape index (κ3) is 0.987. The van der Waals surface area contributed by atoms with Crippen molar-refractivity contribution in [2.75, 3.05) is 6.54 Å². The molecular formula is C9H13N3O3. The fourth-order valence-electron chi connectivity index (χ4n) is 2.81. The van der Waals surface area contributed by atoms with Gasteiger partial charge in [0.05, 0.1) is 6.04 Å². The molecule has 0 bridgehead atoms. The van der Waals surface area contributed by atoms with Crippen molar-refractivity contribution >= 4 is 0 Å². The van der Waals surface area contributed by atoms with Crippen molar-refractivity contribution in [3.8, 4) is 0 Å². The first-order chi connectivity index (χ1) is 7.14. The fraction of sp³-hybridized carbons (Fsp3) is 0.778. The SMILES string of the molecule is C[C@@H]1CN(O)[C@@H]2CCc3nonc3[C@@]12O. The third-order valence-electron chi connectivity index (χ3n) is 3.67. The molecule has 0 spiro atoms. The van der Waals surface area contributed by atoms with E-state index in [4.69, 9.17) is 0 Å². The van der Waals surface area contributed by atoms with Crippen LogP contribution in [0.15, 0.2) is 4.63 Å². The number of nitrogens with zero attached hydrogens (tertiary/aromatic N) is 3. The zero-order chi connectivity index (χ0) is 10.6. The Morgan fingerprint density at radius 1 is 1.53 bits per heavy atom. The highest BCUT2D eigenvalue weighted by molar-refractivity contribution is 5.27. The molecule has 0 unspecified atom stereocenters. The van der Waals surface area contributed by atoms with E-state index in [-0.39, 0.29) is 12.0 Å². The van der Waals surface area contributed by atoms with Crippen LogP contribution in [0.3, 0.4) is 0 Å². The maximum atomic E-state index is 10.6. The smallest absolute Gasteiger partial charge is 0.141 e. The van der Waals surface area contributed by atoms with Crippen LogP contribution in [0.5, 0.6) is 0 Å². The van der Waals surface area contributed by atoms with E-state index in [0.29, 0.717) is 25.1 Å². The first-order valence-electron chi connectivity index (χ1n) is 5.14. The number of fused-ring (bicyclic) bond motifs is 3. The first kappa shape index (κ1) is 9.26. The summed E-state index contributed by atoms with van der Waals surface area (Å²) in [5, 5.41) is 29.1. The average Bonchev–Trinajstić information content (AvgIpc) is 2.73. The lowest BCUT2D eigenvalue weighted by Crippen LogP contribution is -2.47. The van der Waals surface area contributed by atoms with E-state index in [0.717, 1.165) is 5.69 Å². The van der Waals surface area contributed by atoms with E-state index in [1.54, 1.807) is 0 Å². The highest BCUT2D eigenvalue weighted by Crippen LogP contribution is 2.46. The van der Waals surface area contributed by atoms with E-state index in [1.165, 1.54) is 5.06 Å². The van der Waals surface area contributed by atoms with Gasteiger partial charge in [-0.3, -0.25) is 0 Å². The van der Waals surface area contributed by atoms with Gasteiger partial charge < -0.3 is 10.3 Å².